The Bertz CT molecular complexity index is 861. The topological polar surface area (TPSA) is 30.2 Å². The number of rotatable bonds is 3. The van der Waals surface area contributed by atoms with Gasteiger partial charge in [0.15, 0.2) is 5.65 Å². The lowest BCUT2D eigenvalue weighted by atomic mass is 10.3. The third-order valence-electron chi connectivity index (χ3n) is 3.83. The van der Waals surface area contributed by atoms with Gasteiger partial charge < -0.3 is 0 Å². The Hall–Kier alpha value is -1.53. The van der Waals surface area contributed by atoms with E-state index in [4.69, 9.17) is 5.10 Å². The van der Waals surface area contributed by atoms with Crippen molar-refractivity contribution in [2.45, 2.75) is 47.9 Å². The number of halogens is 1. The van der Waals surface area contributed by atoms with Crippen LogP contribution in [0.2, 0.25) is 0 Å². The van der Waals surface area contributed by atoms with Crippen molar-refractivity contribution in [3.05, 3.63) is 47.5 Å². The van der Waals surface area contributed by atoms with E-state index >= 15 is 0 Å². The average molecular weight is 362 g/mol. The standard InChI is InChI=1S/C16H14FN3S2.C2H6/c1-21-16-14(22-12-6-3-5-11(17)8-12)15-18-9-10-4-2-7-13(10)20(15)19-16;1-2/h3,5-6,8-9H,2,4,7H2,1H3;1-2H3. The van der Waals surface area contributed by atoms with Crippen LogP contribution in [-0.4, -0.2) is 20.9 Å². The number of hydrogen-bond acceptors (Lipinski definition) is 4. The molecule has 0 amide bonds. The van der Waals surface area contributed by atoms with Crippen molar-refractivity contribution >= 4 is 29.2 Å². The molecule has 0 fully saturated rings. The maximum absolute atomic E-state index is 13.4. The molecule has 6 heteroatoms. The molecule has 3 aromatic rings. The van der Waals surface area contributed by atoms with Gasteiger partial charge in [-0.3, -0.25) is 0 Å². The maximum atomic E-state index is 13.4. The number of thioether (sulfide) groups is 1. The van der Waals surface area contributed by atoms with Crippen LogP contribution in [0.1, 0.15) is 31.5 Å². The Labute approximate surface area is 150 Å². The molecule has 126 valence electrons. The summed E-state index contributed by atoms with van der Waals surface area (Å²) in [5.41, 5.74) is 3.44. The lowest BCUT2D eigenvalue weighted by molar-refractivity contribution is 0.624. The molecule has 1 aliphatic rings. The summed E-state index contributed by atoms with van der Waals surface area (Å²) >= 11 is 3.13. The predicted molar refractivity (Wildman–Crippen MR) is 98.7 cm³/mol. The smallest absolute Gasteiger partial charge is 0.170 e. The van der Waals surface area contributed by atoms with Gasteiger partial charge in [0.05, 0.1) is 4.90 Å². The highest BCUT2D eigenvalue weighted by atomic mass is 32.2. The molecule has 0 radical (unpaired) electrons. The number of aromatic nitrogens is 3. The summed E-state index contributed by atoms with van der Waals surface area (Å²) < 4.78 is 15.4. The van der Waals surface area contributed by atoms with E-state index in [0.717, 1.165) is 39.7 Å². The molecule has 0 saturated heterocycles. The van der Waals surface area contributed by atoms with Crippen LogP contribution in [0.15, 0.2) is 45.3 Å². The highest BCUT2D eigenvalue weighted by Gasteiger charge is 2.21. The Morgan fingerprint density at radius 1 is 1.21 bits per heavy atom. The summed E-state index contributed by atoms with van der Waals surface area (Å²) in [6.45, 7) is 4.00. The van der Waals surface area contributed by atoms with Crippen molar-refractivity contribution in [3.63, 3.8) is 0 Å². The van der Waals surface area contributed by atoms with E-state index in [9.17, 15) is 4.39 Å². The Morgan fingerprint density at radius 3 is 2.79 bits per heavy atom. The van der Waals surface area contributed by atoms with E-state index in [1.807, 2.05) is 36.9 Å². The summed E-state index contributed by atoms with van der Waals surface area (Å²) in [7, 11) is 0. The van der Waals surface area contributed by atoms with Crippen LogP contribution in [0, 0.1) is 5.82 Å². The molecule has 0 atom stereocenters. The molecule has 0 N–H and O–H groups in total. The largest absolute Gasteiger partial charge is 0.236 e. The zero-order valence-electron chi connectivity index (χ0n) is 14.0. The molecule has 24 heavy (non-hydrogen) atoms. The molecular weight excluding hydrogens is 341 g/mol. The molecule has 1 aliphatic carbocycles. The van der Waals surface area contributed by atoms with Crippen LogP contribution in [0.25, 0.3) is 5.65 Å². The van der Waals surface area contributed by atoms with E-state index in [-0.39, 0.29) is 5.82 Å². The van der Waals surface area contributed by atoms with Crippen LogP contribution < -0.4 is 0 Å². The van der Waals surface area contributed by atoms with E-state index in [1.54, 1.807) is 23.9 Å². The third-order valence-corrected chi connectivity index (χ3v) is 5.70. The van der Waals surface area contributed by atoms with E-state index in [2.05, 4.69) is 4.98 Å². The van der Waals surface area contributed by atoms with Gasteiger partial charge in [-0.25, -0.2) is 13.9 Å². The van der Waals surface area contributed by atoms with Crippen LogP contribution in [0.3, 0.4) is 0 Å². The molecule has 0 unspecified atom stereocenters. The molecule has 0 spiro atoms. The number of benzene rings is 1. The molecular formula is C18H20FN3S2. The molecule has 0 aliphatic heterocycles. The van der Waals surface area contributed by atoms with Crippen molar-refractivity contribution in [1.29, 1.82) is 0 Å². The first kappa shape index (κ1) is 17.3. The minimum absolute atomic E-state index is 0.221. The maximum Gasteiger partial charge on any atom is 0.170 e. The Kier molecular flexibility index (Phi) is 5.46. The fourth-order valence-corrected chi connectivity index (χ4v) is 4.55. The van der Waals surface area contributed by atoms with E-state index in [1.165, 1.54) is 29.1 Å². The zero-order chi connectivity index (χ0) is 17.1. The van der Waals surface area contributed by atoms with Crippen molar-refractivity contribution in [3.8, 4) is 0 Å². The molecule has 0 bridgehead atoms. The van der Waals surface area contributed by atoms with Crippen molar-refractivity contribution < 1.29 is 4.39 Å². The Morgan fingerprint density at radius 2 is 2.04 bits per heavy atom. The van der Waals surface area contributed by atoms with Gasteiger partial charge in [0.25, 0.3) is 0 Å². The fraction of sp³-hybridized carbons (Fsp3) is 0.333. The van der Waals surface area contributed by atoms with Crippen LogP contribution >= 0.6 is 23.5 Å². The van der Waals surface area contributed by atoms with Crippen molar-refractivity contribution in [2.75, 3.05) is 6.26 Å². The SMILES string of the molecule is CC.CSc1nn2c3c(cnc2c1Sc1cccc(F)c1)CCC3. The van der Waals surface area contributed by atoms with Gasteiger partial charge in [0.1, 0.15) is 10.8 Å². The first-order chi connectivity index (χ1) is 11.8. The minimum atomic E-state index is -0.221. The predicted octanol–water partition coefficient (Wildman–Crippen LogP) is 5.26. The number of hydrogen-bond donors (Lipinski definition) is 0. The summed E-state index contributed by atoms with van der Waals surface area (Å²) in [4.78, 5) is 6.49. The summed E-state index contributed by atoms with van der Waals surface area (Å²) in [5.74, 6) is -0.221. The average Bonchev–Trinajstić information content (AvgIpc) is 3.21. The molecule has 1 aromatic carbocycles. The summed E-state index contributed by atoms with van der Waals surface area (Å²) in [6, 6.07) is 6.65. The van der Waals surface area contributed by atoms with E-state index in [0.29, 0.717) is 0 Å². The zero-order valence-corrected chi connectivity index (χ0v) is 15.7. The van der Waals surface area contributed by atoms with Crippen molar-refractivity contribution in [2.24, 2.45) is 0 Å². The normalized spacial score (nSPS) is 12.8. The number of aryl methyl sites for hydroxylation is 2. The number of fused-ring (bicyclic) bond motifs is 3. The quantitative estimate of drug-likeness (QED) is 0.596. The summed E-state index contributed by atoms with van der Waals surface area (Å²) in [5, 5.41) is 5.67. The summed E-state index contributed by atoms with van der Waals surface area (Å²) in [6.07, 6.45) is 7.28. The molecule has 2 aromatic heterocycles. The van der Waals surface area contributed by atoms with Gasteiger partial charge in [0, 0.05) is 16.8 Å². The first-order valence-corrected chi connectivity index (χ1v) is 10.2. The fourth-order valence-electron chi connectivity index (χ4n) is 2.82. The minimum Gasteiger partial charge on any atom is -0.236 e. The van der Waals surface area contributed by atoms with Crippen LogP contribution in [-0.2, 0) is 12.8 Å². The highest BCUT2D eigenvalue weighted by Crippen LogP contribution is 2.38. The van der Waals surface area contributed by atoms with Gasteiger partial charge in [-0.15, -0.1) is 11.8 Å². The second-order valence-corrected chi connectivity index (χ2v) is 7.10. The van der Waals surface area contributed by atoms with Gasteiger partial charge in [-0.2, -0.15) is 5.10 Å². The van der Waals surface area contributed by atoms with E-state index < -0.39 is 0 Å². The lowest BCUT2D eigenvalue weighted by Gasteiger charge is -2.03. The molecule has 4 rings (SSSR count). The van der Waals surface area contributed by atoms with Gasteiger partial charge in [0.2, 0.25) is 0 Å². The second-order valence-electron chi connectivity index (χ2n) is 5.22. The highest BCUT2D eigenvalue weighted by molar-refractivity contribution is 8.02. The number of nitrogens with zero attached hydrogens (tertiary/aromatic N) is 3. The van der Waals surface area contributed by atoms with Crippen LogP contribution in [0.4, 0.5) is 4.39 Å². The molecule has 3 nitrogen and oxygen atoms in total. The molecule has 2 heterocycles. The molecule has 0 saturated carbocycles. The third kappa shape index (κ3) is 3.17. The van der Waals surface area contributed by atoms with Crippen LogP contribution in [0.5, 0.6) is 0 Å². The van der Waals surface area contributed by atoms with Gasteiger partial charge in [-0.1, -0.05) is 31.7 Å². The lowest BCUT2D eigenvalue weighted by Crippen LogP contribution is -1.99. The van der Waals surface area contributed by atoms with Crippen molar-refractivity contribution in [1.82, 2.24) is 14.6 Å². The second kappa shape index (κ2) is 7.57. The van der Waals surface area contributed by atoms with Gasteiger partial charge in [-0.05, 0) is 49.3 Å². The van der Waals surface area contributed by atoms with Gasteiger partial charge >= 0.3 is 0 Å². The first-order valence-electron chi connectivity index (χ1n) is 8.13. The Balaban J connectivity index is 0.000000815. The monoisotopic (exact) mass is 361 g/mol.